The van der Waals surface area contributed by atoms with E-state index in [0.717, 1.165) is 24.8 Å². The number of hydrogen-bond acceptors (Lipinski definition) is 2. The molecule has 0 saturated heterocycles. The summed E-state index contributed by atoms with van der Waals surface area (Å²) in [6, 6.07) is 0. The average molecular weight is 236 g/mol. The van der Waals surface area contributed by atoms with E-state index in [1.54, 1.807) is 0 Å². The summed E-state index contributed by atoms with van der Waals surface area (Å²) < 4.78 is 0. The third-order valence-electron chi connectivity index (χ3n) is 3.40. The van der Waals surface area contributed by atoms with Crippen LogP contribution < -0.4 is 0 Å². The molecule has 0 heterocycles. The quantitative estimate of drug-likeness (QED) is 0.464. The first-order chi connectivity index (χ1) is 7.83. The second kappa shape index (κ2) is 5.30. The number of carboxylic acids is 1. The van der Waals surface area contributed by atoms with E-state index in [4.69, 9.17) is 5.11 Å². The molecule has 0 amide bonds. The van der Waals surface area contributed by atoms with Gasteiger partial charge in [-0.2, -0.15) is 0 Å². The van der Waals surface area contributed by atoms with Crippen molar-refractivity contribution in [2.75, 3.05) is 0 Å². The molecule has 0 aromatic rings. The minimum Gasteiger partial charge on any atom is -0.481 e. The maximum absolute atomic E-state index is 11.3. The van der Waals surface area contributed by atoms with Crippen LogP contribution in [-0.4, -0.2) is 16.9 Å². The lowest BCUT2D eigenvalue weighted by atomic mass is 9.66. The van der Waals surface area contributed by atoms with Gasteiger partial charge in [0.2, 0.25) is 0 Å². The molecule has 1 fully saturated rings. The number of carboxylic acid groups (broad SMARTS) is 1. The summed E-state index contributed by atoms with van der Waals surface area (Å²) in [4.78, 5) is 21.7. The summed E-state index contributed by atoms with van der Waals surface area (Å²) in [5.41, 5.74) is 1.25. The maximum Gasteiger partial charge on any atom is 0.311 e. The Bertz CT molecular complexity index is 364. The Kier molecular flexibility index (Phi) is 4.27. The predicted octanol–water partition coefficient (Wildman–Crippen LogP) is 2.97. The van der Waals surface area contributed by atoms with Crippen LogP contribution in [0.4, 0.5) is 0 Å². The number of carbonyl (C=O) groups excluding carboxylic acids is 1. The Morgan fingerprint density at radius 2 is 2.18 bits per heavy atom. The Morgan fingerprint density at radius 1 is 1.53 bits per heavy atom. The van der Waals surface area contributed by atoms with E-state index < -0.39 is 12.4 Å². The molecule has 1 unspecified atom stereocenters. The Hall–Kier alpha value is -1.38. The highest BCUT2D eigenvalue weighted by Gasteiger charge is 2.32. The number of ketones is 1. The largest absolute Gasteiger partial charge is 0.481 e. The zero-order valence-corrected chi connectivity index (χ0v) is 10.5. The first-order valence-electron chi connectivity index (χ1n) is 5.93. The third-order valence-corrected chi connectivity index (χ3v) is 3.40. The minimum atomic E-state index is -1.08. The Labute approximate surface area is 102 Å². The van der Waals surface area contributed by atoms with E-state index in [-0.39, 0.29) is 17.1 Å². The maximum atomic E-state index is 11.3. The van der Waals surface area contributed by atoms with Gasteiger partial charge in [-0.1, -0.05) is 32.1 Å². The van der Waals surface area contributed by atoms with Crippen LogP contribution >= 0.6 is 0 Å². The Balaban J connectivity index is 2.71. The lowest BCUT2D eigenvalue weighted by molar-refractivity contribution is -0.139. The van der Waals surface area contributed by atoms with Crippen molar-refractivity contribution in [1.29, 1.82) is 0 Å². The van der Waals surface area contributed by atoms with E-state index >= 15 is 0 Å². The van der Waals surface area contributed by atoms with Gasteiger partial charge in [-0.15, -0.1) is 0 Å². The van der Waals surface area contributed by atoms with Crippen molar-refractivity contribution in [2.45, 2.75) is 39.5 Å². The van der Waals surface area contributed by atoms with Gasteiger partial charge in [0.15, 0.2) is 5.78 Å². The van der Waals surface area contributed by atoms with Gasteiger partial charge < -0.3 is 5.11 Å². The summed E-state index contributed by atoms with van der Waals surface area (Å²) in [6.45, 7) is 8.37. The SMILES string of the molecule is C=C1CCCC(C)(C)C1/C=C/C(=O)CC(=O)O. The van der Waals surface area contributed by atoms with Gasteiger partial charge in [0.25, 0.3) is 0 Å². The highest BCUT2D eigenvalue weighted by Crippen LogP contribution is 2.43. The molecule has 17 heavy (non-hydrogen) atoms. The van der Waals surface area contributed by atoms with Gasteiger partial charge in [-0.3, -0.25) is 9.59 Å². The van der Waals surface area contributed by atoms with Crippen molar-refractivity contribution in [2.24, 2.45) is 11.3 Å². The molecule has 0 bridgehead atoms. The molecule has 1 rings (SSSR count). The number of allylic oxidation sites excluding steroid dienone is 3. The van der Waals surface area contributed by atoms with E-state index in [1.165, 1.54) is 6.08 Å². The van der Waals surface area contributed by atoms with Gasteiger partial charge in [-0.25, -0.2) is 0 Å². The molecule has 1 aliphatic carbocycles. The van der Waals surface area contributed by atoms with Gasteiger partial charge in [-0.05, 0) is 30.8 Å². The summed E-state index contributed by atoms with van der Waals surface area (Å²) in [5.74, 6) is -1.26. The fraction of sp³-hybridized carbons (Fsp3) is 0.571. The lowest BCUT2D eigenvalue weighted by Gasteiger charge is -2.38. The monoisotopic (exact) mass is 236 g/mol. The van der Waals surface area contributed by atoms with Crippen LogP contribution in [0.3, 0.4) is 0 Å². The molecule has 0 aromatic carbocycles. The highest BCUT2D eigenvalue weighted by atomic mass is 16.4. The van der Waals surface area contributed by atoms with Crippen molar-refractivity contribution in [1.82, 2.24) is 0 Å². The summed E-state index contributed by atoms with van der Waals surface area (Å²) in [6.07, 6.45) is 6.03. The molecule has 1 saturated carbocycles. The van der Waals surface area contributed by atoms with E-state index in [0.29, 0.717) is 0 Å². The molecule has 3 heteroatoms. The standard InChI is InChI=1S/C14H20O3/c1-10-5-4-8-14(2,3)12(10)7-6-11(15)9-13(16)17/h6-7,12H,1,4-5,8-9H2,2-3H3,(H,16,17)/b7-6+. The van der Waals surface area contributed by atoms with Crippen LogP contribution in [0.15, 0.2) is 24.3 Å². The van der Waals surface area contributed by atoms with Crippen molar-refractivity contribution >= 4 is 11.8 Å². The first-order valence-corrected chi connectivity index (χ1v) is 5.93. The van der Waals surface area contributed by atoms with Crippen molar-refractivity contribution in [3.05, 3.63) is 24.3 Å². The van der Waals surface area contributed by atoms with Gasteiger partial charge in [0.1, 0.15) is 6.42 Å². The van der Waals surface area contributed by atoms with E-state index in [9.17, 15) is 9.59 Å². The van der Waals surface area contributed by atoms with Crippen molar-refractivity contribution in [3.63, 3.8) is 0 Å². The van der Waals surface area contributed by atoms with Gasteiger partial charge >= 0.3 is 5.97 Å². The molecule has 1 N–H and O–H groups in total. The fourth-order valence-electron chi connectivity index (χ4n) is 2.44. The molecule has 94 valence electrons. The number of rotatable bonds is 4. The summed E-state index contributed by atoms with van der Waals surface area (Å²) >= 11 is 0. The van der Waals surface area contributed by atoms with Crippen LogP contribution in [0.5, 0.6) is 0 Å². The molecule has 0 aromatic heterocycles. The average Bonchev–Trinajstić information content (AvgIpc) is 2.14. The molecule has 0 radical (unpaired) electrons. The van der Waals surface area contributed by atoms with Crippen molar-refractivity contribution in [3.8, 4) is 0 Å². The third kappa shape index (κ3) is 3.84. The van der Waals surface area contributed by atoms with Crippen LogP contribution in [-0.2, 0) is 9.59 Å². The topological polar surface area (TPSA) is 54.4 Å². The number of aliphatic carboxylic acids is 1. The zero-order valence-electron chi connectivity index (χ0n) is 10.5. The van der Waals surface area contributed by atoms with Crippen LogP contribution in [0, 0.1) is 11.3 Å². The van der Waals surface area contributed by atoms with E-state index in [1.807, 2.05) is 6.08 Å². The number of carbonyl (C=O) groups is 2. The lowest BCUT2D eigenvalue weighted by Crippen LogP contribution is -2.28. The van der Waals surface area contributed by atoms with Crippen molar-refractivity contribution < 1.29 is 14.7 Å². The molecule has 1 aliphatic rings. The molecular weight excluding hydrogens is 216 g/mol. The molecule has 3 nitrogen and oxygen atoms in total. The first kappa shape index (κ1) is 13.7. The summed E-state index contributed by atoms with van der Waals surface area (Å²) in [5, 5.41) is 8.50. The fourth-order valence-corrected chi connectivity index (χ4v) is 2.44. The molecule has 0 aliphatic heterocycles. The second-order valence-corrected chi connectivity index (χ2v) is 5.37. The summed E-state index contributed by atoms with van der Waals surface area (Å²) in [7, 11) is 0. The van der Waals surface area contributed by atoms with Crippen LogP contribution in [0.2, 0.25) is 0 Å². The second-order valence-electron chi connectivity index (χ2n) is 5.37. The molecule has 0 spiro atoms. The normalized spacial score (nSPS) is 23.9. The zero-order chi connectivity index (χ0) is 13.1. The smallest absolute Gasteiger partial charge is 0.311 e. The Morgan fingerprint density at radius 3 is 2.71 bits per heavy atom. The van der Waals surface area contributed by atoms with Gasteiger partial charge in [0, 0.05) is 5.92 Å². The number of hydrogen-bond donors (Lipinski definition) is 1. The van der Waals surface area contributed by atoms with E-state index in [2.05, 4.69) is 20.4 Å². The highest BCUT2D eigenvalue weighted by molar-refractivity contribution is 6.01. The van der Waals surface area contributed by atoms with Crippen LogP contribution in [0.25, 0.3) is 0 Å². The predicted molar refractivity (Wildman–Crippen MR) is 66.7 cm³/mol. The van der Waals surface area contributed by atoms with Crippen LogP contribution in [0.1, 0.15) is 39.5 Å². The molecular formula is C14H20O3. The van der Waals surface area contributed by atoms with Gasteiger partial charge in [0.05, 0.1) is 0 Å². The minimum absolute atomic E-state index is 0.106. The molecule has 1 atom stereocenters.